The van der Waals surface area contributed by atoms with Crippen LogP contribution in [0.25, 0.3) is 11.3 Å². The van der Waals surface area contributed by atoms with Gasteiger partial charge in [0, 0.05) is 36.9 Å². The molecule has 1 saturated heterocycles. The number of carbonyl (C=O) groups excluding carboxylic acids is 1. The van der Waals surface area contributed by atoms with Gasteiger partial charge in [0.15, 0.2) is 0 Å². The number of carbonyl (C=O) groups is 1. The smallest absolute Gasteiger partial charge is 0.253 e. The number of nitrogens with zero attached hydrogens (tertiary/aromatic N) is 2. The van der Waals surface area contributed by atoms with Gasteiger partial charge in [-0.1, -0.05) is 42.5 Å². The van der Waals surface area contributed by atoms with Crippen molar-refractivity contribution in [1.82, 2.24) is 15.2 Å². The maximum Gasteiger partial charge on any atom is 0.253 e. The van der Waals surface area contributed by atoms with Gasteiger partial charge >= 0.3 is 0 Å². The minimum atomic E-state index is -0.302. The van der Waals surface area contributed by atoms with Gasteiger partial charge in [-0.3, -0.25) is 14.7 Å². The van der Waals surface area contributed by atoms with Crippen molar-refractivity contribution in [2.24, 2.45) is 0 Å². The topological polar surface area (TPSA) is 45.2 Å². The van der Waals surface area contributed by atoms with Crippen molar-refractivity contribution in [2.45, 2.75) is 31.8 Å². The highest BCUT2D eigenvalue weighted by Crippen LogP contribution is 2.24. The van der Waals surface area contributed by atoms with E-state index in [0.29, 0.717) is 22.9 Å². The molecule has 2 heterocycles. The minimum absolute atomic E-state index is 0.108. The zero-order valence-electron chi connectivity index (χ0n) is 17.1. The van der Waals surface area contributed by atoms with Gasteiger partial charge in [-0.15, -0.1) is 0 Å². The molecule has 1 amide bonds. The van der Waals surface area contributed by atoms with Crippen molar-refractivity contribution in [3.05, 3.63) is 89.9 Å². The standard InChI is InChI=1S/C25H26FN3O/c1-18(19-6-3-2-4-7-19)29-14-12-23(13-15-29)28-25(30)21-10-11-24(27-17-21)20-8-5-9-22(26)16-20/h2-11,16-18,23H,12-15H2,1H3,(H,28,30). The molecule has 0 saturated carbocycles. The van der Waals surface area contributed by atoms with Crippen LogP contribution < -0.4 is 5.32 Å². The van der Waals surface area contributed by atoms with Crippen molar-refractivity contribution in [3.63, 3.8) is 0 Å². The number of nitrogens with one attached hydrogen (secondary N) is 1. The van der Waals surface area contributed by atoms with E-state index in [1.54, 1.807) is 30.5 Å². The van der Waals surface area contributed by atoms with E-state index in [-0.39, 0.29) is 17.8 Å². The highest BCUT2D eigenvalue weighted by atomic mass is 19.1. The largest absolute Gasteiger partial charge is 0.349 e. The first-order chi connectivity index (χ1) is 14.6. The van der Waals surface area contributed by atoms with E-state index in [2.05, 4.69) is 46.4 Å². The molecule has 3 aromatic rings. The molecule has 4 nitrogen and oxygen atoms in total. The molecule has 0 spiro atoms. The maximum atomic E-state index is 13.4. The number of benzene rings is 2. The fraction of sp³-hybridized carbons (Fsp3) is 0.280. The lowest BCUT2D eigenvalue weighted by molar-refractivity contribution is 0.0895. The third kappa shape index (κ3) is 4.74. The number of pyridine rings is 1. The summed E-state index contributed by atoms with van der Waals surface area (Å²) >= 11 is 0. The van der Waals surface area contributed by atoms with Crippen LogP contribution in [0.3, 0.4) is 0 Å². The Hall–Kier alpha value is -3.05. The van der Waals surface area contributed by atoms with Crippen LogP contribution >= 0.6 is 0 Å². The zero-order chi connectivity index (χ0) is 20.9. The molecule has 1 unspecified atom stereocenters. The number of hydrogen-bond donors (Lipinski definition) is 1. The summed E-state index contributed by atoms with van der Waals surface area (Å²) in [5.74, 6) is -0.410. The van der Waals surface area contributed by atoms with Crippen LogP contribution in [-0.2, 0) is 0 Å². The first-order valence-electron chi connectivity index (χ1n) is 10.4. The fourth-order valence-electron chi connectivity index (χ4n) is 3.99. The van der Waals surface area contributed by atoms with E-state index in [4.69, 9.17) is 0 Å². The molecule has 1 aliphatic heterocycles. The lowest BCUT2D eigenvalue weighted by atomic mass is 10.00. The molecule has 0 radical (unpaired) electrons. The van der Waals surface area contributed by atoms with Crippen molar-refractivity contribution in [2.75, 3.05) is 13.1 Å². The SMILES string of the molecule is CC(c1ccccc1)N1CCC(NC(=O)c2ccc(-c3cccc(F)c3)nc2)CC1. The van der Waals surface area contributed by atoms with Crippen LogP contribution in [0.4, 0.5) is 4.39 Å². The zero-order valence-corrected chi connectivity index (χ0v) is 17.1. The van der Waals surface area contributed by atoms with Gasteiger partial charge in [-0.05, 0) is 49.6 Å². The first kappa shape index (κ1) is 20.2. The van der Waals surface area contributed by atoms with E-state index >= 15 is 0 Å². The van der Waals surface area contributed by atoms with Crippen LogP contribution in [0.2, 0.25) is 0 Å². The van der Waals surface area contributed by atoms with Gasteiger partial charge in [-0.25, -0.2) is 4.39 Å². The van der Waals surface area contributed by atoms with Gasteiger partial charge in [-0.2, -0.15) is 0 Å². The molecular weight excluding hydrogens is 377 g/mol. The molecule has 154 valence electrons. The summed E-state index contributed by atoms with van der Waals surface area (Å²) in [4.78, 5) is 19.4. The van der Waals surface area contributed by atoms with E-state index in [1.807, 2.05) is 6.07 Å². The molecule has 1 aromatic heterocycles. The number of halogens is 1. The van der Waals surface area contributed by atoms with Crippen molar-refractivity contribution in [3.8, 4) is 11.3 Å². The van der Waals surface area contributed by atoms with E-state index in [9.17, 15) is 9.18 Å². The molecule has 0 bridgehead atoms. The Morgan fingerprint density at radius 1 is 1.07 bits per heavy atom. The molecular formula is C25H26FN3O. The quantitative estimate of drug-likeness (QED) is 0.663. The van der Waals surface area contributed by atoms with E-state index in [0.717, 1.165) is 25.9 Å². The van der Waals surface area contributed by atoms with Crippen LogP contribution in [0.5, 0.6) is 0 Å². The monoisotopic (exact) mass is 403 g/mol. The average Bonchev–Trinajstić information content (AvgIpc) is 2.80. The number of piperidine rings is 1. The summed E-state index contributed by atoms with van der Waals surface area (Å²) in [6.07, 6.45) is 3.41. The molecule has 1 fully saturated rings. The Morgan fingerprint density at radius 3 is 2.50 bits per heavy atom. The van der Waals surface area contributed by atoms with Gasteiger partial charge < -0.3 is 5.32 Å². The van der Waals surface area contributed by atoms with Gasteiger partial charge in [0.05, 0.1) is 11.3 Å². The van der Waals surface area contributed by atoms with Crippen LogP contribution in [-0.4, -0.2) is 34.9 Å². The Balaban J connectivity index is 1.31. The second-order valence-electron chi connectivity index (χ2n) is 7.81. The Bertz CT molecular complexity index is 983. The molecule has 1 N–H and O–H groups in total. The second kappa shape index (κ2) is 9.18. The summed E-state index contributed by atoms with van der Waals surface area (Å²) in [6, 6.07) is 20.9. The summed E-state index contributed by atoms with van der Waals surface area (Å²) in [7, 11) is 0. The highest BCUT2D eigenvalue weighted by molar-refractivity contribution is 5.94. The Morgan fingerprint density at radius 2 is 1.83 bits per heavy atom. The summed E-state index contributed by atoms with van der Waals surface area (Å²) in [5.41, 5.74) is 3.19. The van der Waals surface area contributed by atoms with E-state index in [1.165, 1.54) is 17.7 Å². The second-order valence-corrected chi connectivity index (χ2v) is 7.81. The van der Waals surface area contributed by atoms with Crippen molar-refractivity contribution in [1.29, 1.82) is 0 Å². The van der Waals surface area contributed by atoms with Gasteiger partial charge in [0.2, 0.25) is 0 Å². The lowest BCUT2D eigenvalue weighted by Crippen LogP contribution is -2.45. The minimum Gasteiger partial charge on any atom is -0.349 e. The summed E-state index contributed by atoms with van der Waals surface area (Å²) in [6.45, 7) is 4.15. The molecule has 1 atom stereocenters. The summed E-state index contributed by atoms with van der Waals surface area (Å²) < 4.78 is 13.4. The normalized spacial score (nSPS) is 16.2. The fourth-order valence-corrected chi connectivity index (χ4v) is 3.99. The van der Waals surface area contributed by atoms with E-state index < -0.39 is 0 Å². The number of rotatable bonds is 5. The highest BCUT2D eigenvalue weighted by Gasteiger charge is 2.24. The number of amides is 1. The van der Waals surface area contributed by atoms with Crippen LogP contribution in [0.15, 0.2) is 72.9 Å². The van der Waals surface area contributed by atoms with Gasteiger partial charge in [0.25, 0.3) is 5.91 Å². The number of aromatic nitrogens is 1. The third-order valence-corrected chi connectivity index (χ3v) is 5.84. The Labute approximate surface area is 176 Å². The predicted octanol–water partition coefficient (Wildman–Crippen LogP) is 4.84. The molecule has 1 aliphatic rings. The molecule has 30 heavy (non-hydrogen) atoms. The molecule has 2 aromatic carbocycles. The van der Waals surface area contributed by atoms with Crippen LogP contribution in [0, 0.1) is 5.82 Å². The lowest BCUT2D eigenvalue weighted by Gasteiger charge is -2.36. The first-order valence-corrected chi connectivity index (χ1v) is 10.4. The molecule has 0 aliphatic carbocycles. The van der Waals surface area contributed by atoms with Gasteiger partial charge in [0.1, 0.15) is 5.82 Å². The van der Waals surface area contributed by atoms with Crippen LogP contribution in [0.1, 0.15) is 41.7 Å². The predicted molar refractivity (Wildman–Crippen MR) is 117 cm³/mol. The Kier molecular flexibility index (Phi) is 6.19. The maximum absolute atomic E-state index is 13.4. The molecule has 4 rings (SSSR count). The average molecular weight is 404 g/mol. The van der Waals surface area contributed by atoms with Crippen molar-refractivity contribution >= 4 is 5.91 Å². The third-order valence-electron chi connectivity index (χ3n) is 5.84. The molecule has 5 heteroatoms. The van der Waals surface area contributed by atoms with Crippen molar-refractivity contribution < 1.29 is 9.18 Å². The number of hydrogen-bond acceptors (Lipinski definition) is 3. The summed E-state index contributed by atoms with van der Waals surface area (Å²) in [5, 5.41) is 3.14. The number of likely N-dealkylation sites (tertiary alicyclic amines) is 1.